The molecule has 35 heavy (non-hydrogen) atoms. The Bertz CT molecular complexity index is 1360. The first kappa shape index (κ1) is 24.2. The van der Waals surface area contributed by atoms with Crippen molar-refractivity contribution in [1.29, 1.82) is 0 Å². The number of benzene rings is 2. The lowest BCUT2D eigenvalue weighted by Gasteiger charge is -2.19. The number of nitrogens with zero attached hydrogens (tertiary/aromatic N) is 4. The maximum Gasteiger partial charge on any atom is 0.271 e. The fourth-order valence-electron chi connectivity index (χ4n) is 3.86. The van der Waals surface area contributed by atoms with E-state index in [0.717, 1.165) is 10.8 Å². The van der Waals surface area contributed by atoms with Crippen molar-refractivity contribution in [3.05, 3.63) is 77.3 Å². The average Bonchev–Trinajstić information content (AvgIpc) is 3.29. The van der Waals surface area contributed by atoms with Crippen LogP contribution in [0.5, 0.6) is 11.5 Å². The fourth-order valence-corrected chi connectivity index (χ4v) is 3.86. The molecular formula is C26H29N5O4. The molecule has 1 atom stereocenters. The molecule has 0 fully saturated rings. The van der Waals surface area contributed by atoms with Gasteiger partial charge in [0.1, 0.15) is 11.8 Å². The number of carbonyl (C=O) groups is 1. The van der Waals surface area contributed by atoms with Gasteiger partial charge in [-0.1, -0.05) is 50.2 Å². The monoisotopic (exact) mass is 475 g/mol. The van der Waals surface area contributed by atoms with Gasteiger partial charge in [-0.3, -0.25) is 14.3 Å². The van der Waals surface area contributed by atoms with Crippen molar-refractivity contribution in [3.8, 4) is 11.5 Å². The first-order valence-electron chi connectivity index (χ1n) is 11.6. The Hall–Kier alpha value is -3.98. The summed E-state index contributed by atoms with van der Waals surface area (Å²) in [4.78, 5) is 26.1. The third-order valence-electron chi connectivity index (χ3n) is 5.51. The third kappa shape index (κ3) is 5.93. The summed E-state index contributed by atoms with van der Waals surface area (Å²) in [6, 6.07) is 15.8. The summed E-state index contributed by atoms with van der Waals surface area (Å²) in [6.45, 7) is 4.56. The van der Waals surface area contributed by atoms with Crippen molar-refractivity contribution in [2.75, 3.05) is 11.9 Å². The maximum absolute atomic E-state index is 13.1. The van der Waals surface area contributed by atoms with Crippen LogP contribution in [0.1, 0.15) is 32.7 Å². The molecule has 0 aliphatic carbocycles. The minimum absolute atomic E-state index is 0.0623. The van der Waals surface area contributed by atoms with Gasteiger partial charge in [0.25, 0.3) is 11.5 Å². The van der Waals surface area contributed by atoms with Gasteiger partial charge in [0.15, 0.2) is 11.6 Å². The molecule has 0 radical (unpaired) electrons. The van der Waals surface area contributed by atoms with E-state index in [1.165, 1.54) is 16.9 Å². The lowest BCUT2D eigenvalue weighted by molar-refractivity contribution is -0.120. The van der Waals surface area contributed by atoms with E-state index >= 15 is 0 Å². The molecule has 9 heteroatoms. The Labute approximate surface area is 203 Å². The third-order valence-corrected chi connectivity index (χ3v) is 5.51. The summed E-state index contributed by atoms with van der Waals surface area (Å²) in [6.07, 6.45) is 4.17. The van der Waals surface area contributed by atoms with Crippen molar-refractivity contribution >= 4 is 22.5 Å². The van der Waals surface area contributed by atoms with Crippen LogP contribution in [0.25, 0.3) is 10.8 Å². The quantitative estimate of drug-likeness (QED) is 0.359. The number of ether oxygens (including phenoxy) is 1. The second-order valence-electron chi connectivity index (χ2n) is 8.73. The number of hydrogen-bond donors (Lipinski definition) is 2. The fraction of sp³-hybridized carbons (Fsp3) is 0.308. The number of nitrogens with one attached hydrogen (secondary N) is 1. The second-order valence-corrected chi connectivity index (χ2v) is 8.73. The molecule has 0 saturated carbocycles. The van der Waals surface area contributed by atoms with E-state index in [2.05, 4.69) is 15.5 Å². The Morgan fingerprint density at radius 2 is 1.94 bits per heavy atom. The highest BCUT2D eigenvalue weighted by Crippen LogP contribution is 2.29. The van der Waals surface area contributed by atoms with Gasteiger partial charge >= 0.3 is 0 Å². The van der Waals surface area contributed by atoms with Crippen LogP contribution < -0.4 is 15.6 Å². The van der Waals surface area contributed by atoms with Crippen LogP contribution in [0.3, 0.4) is 0 Å². The Morgan fingerprint density at radius 1 is 1.14 bits per heavy atom. The van der Waals surface area contributed by atoms with Gasteiger partial charge in [-0.15, -0.1) is 0 Å². The Balaban J connectivity index is 1.55. The van der Waals surface area contributed by atoms with E-state index < -0.39 is 11.6 Å². The van der Waals surface area contributed by atoms with Crippen molar-refractivity contribution in [2.24, 2.45) is 5.92 Å². The molecule has 0 bridgehead atoms. The summed E-state index contributed by atoms with van der Waals surface area (Å²) >= 11 is 0. The predicted octanol–water partition coefficient (Wildman–Crippen LogP) is 3.99. The zero-order valence-corrected chi connectivity index (χ0v) is 19.8. The highest BCUT2D eigenvalue weighted by molar-refractivity contribution is 5.92. The minimum Gasteiger partial charge on any atom is -0.455 e. The van der Waals surface area contributed by atoms with E-state index in [1.54, 1.807) is 16.9 Å². The first-order chi connectivity index (χ1) is 16.9. The number of aryl methyl sites for hydroxylation is 1. The molecule has 0 spiro atoms. The van der Waals surface area contributed by atoms with Gasteiger partial charge in [-0.05, 0) is 30.2 Å². The lowest BCUT2D eigenvalue weighted by atomic mass is 10.0. The molecule has 2 aromatic carbocycles. The van der Waals surface area contributed by atoms with Crippen LogP contribution in [-0.2, 0) is 11.3 Å². The van der Waals surface area contributed by atoms with Gasteiger partial charge in [0.2, 0.25) is 0 Å². The number of carbonyl (C=O) groups excluding carboxylic acids is 1. The zero-order chi connectivity index (χ0) is 24.8. The number of rotatable bonds is 10. The molecule has 0 saturated heterocycles. The summed E-state index contributed by atoms with van der Waals surface area (Å²) < 4.78 is 8.81. The van der Waals surface area contributed by atoms with Gasteiger partial charge in [-0.25, -0.2) is 4.68 Å². The molecule has 182 valence electrons. The van der Waals surface area contributed by atoms with Crippen molar-refractivity contribution in [2.45, 2.75) is 39.3 Å². The van der Waals surface area contributed by atoms with E-state index in [4.69, 9.17) is 9.84 Å². The van der Waals surface area contributed by atoms with Crippen LogP contribution in [-0.4, -0.2) is 37.2 Å². The molecule has 4 aromatic rings. The van der Waals surface area contributed by atoms with Crippen LogP contribution >= 0.6 is 0 Å². The normalized spacial score (nSPS) is 12.1. The van der Waals surface area contributed by atoms with Crippen LogP contribution in [0, 0.1) is 5.92 Å². The smallest absolute Gasteiger partial charge is 0.271 e. The van der Waals surface area contributed by atoms with Gasteiger partial charge in [-0.2, -0.15) is 10.2 Å². The number of aliphatic hydroxyl groups is 1. The van der Waals surface area contributed by atoms with Gasteiger partial charge in [0.05, 0.1) is 6.20 Å². The number of aromatic nitrogens is 4. The largest absolute Gasteiger partial charge is 0.455 e. The number of fused-ring (bicyclic) bond motifs is 1. The van der Waals surface area contributed by atoms with Crippen molar-refractivity contribution < 1.29 is 14.6 Å². The lowest BCUT2D eigenvalue weighted by Crippen LogP contribution is -2.35. The molecule has 1 amide bonds. The summed E-state index contributed by atoms with van der Waals surface area (Å²) in [5, 5.41) is 22.3. The molecule has 4 rings (SSSR count). The van der Waals surface area contributed by atoms with Crippen LogP contribution in [0.2, 0.25) is 0 Å². The minimum atomic E-state index is -0.809. The van der Waals surface area contributed by atoms with Gasteiger partial charge in [0, 0.05) is 36.9 Å². The zero-order valence-electron chi connectivity index (χ0n) is 19.8. The molecule has 2 aromatic heterocycles. The topological polar surface area (TPSA) is 111 Å². The van der Waals surface area contributed by atoms with E-state index in [0.29, 0.717) is 36.7 Å². The first-order valence-corrected chi connectivity index (χ1v) is 11.6. The highest BCUT2D eigenvalue weighted by Gasteiger charge is 2.25. The predicted molar refractivity (Wildman–Crippen MR) is 134 cm³/mol. The second kappa shape index (κ2) is 11.0. The summed E-state index contributed by atoms with van der Waals surface area (Å²) in [5.74, 6) is 1.08. The van der Waals surface area contributed by atoms with Crippen molar-refractivity contribution in [1.82, 2.24) is 19.6 Å². The van der Waals surface area contributed by atoms with Crippen LogP contribution in [0.15, 0.2) is 71.8 Å². The van der Waals surface area contributed by atoms with E-state index in [9.17, 15) is 9.59 Å². The molecule has 1 unspecified atom stereocenters. The highest BCUT2D eigenvalue weighted by atomic mass is 16.5. The molecule has 0 aliphatic rings. The SMILES string of the molecule is CC(C)CC(C(=O)Nc1ccn(CCCO)n1)n1ncc(Oc2cccc3ccccc23)cc1=O. The summed E-state index contributed by atoms with van der Waals surface area (Å²) in [5.41, 5.74) is -0.433. The summed E-state index contributed by atoms with van der Waals surface area (Å²) in [7, 11) is 0. The Kier molecular flexibility index (Phi) is 7.57. The average molecular weight is 476 g/mol. The molecular weight excluding hydrogens is 446 g/mol. The Morgan fingerprint density at radius 3 is 2.71 bits per heavy atom. The molecule has 2 N–H and O–H groups in total. The maximum atomic E-state index is 13.1. The number of amides is 1. The molecule has 0 aliphatic heterocycles. The van der Waals surface area contributed by atoms with Crippen LogP contribution in [0.4, 0.5) is 5.82 Å². The van der Waals surface area contributed by atoms with E-state index in [1.807, 2.05) is 56.3 Å². The number of aliphatic hydroxyl groups excluding tert-OH is 1. The van der Waals surface area contributed by atoms with Gasteiger partial charge < -0.3 is 15.2 Å². The standard InChI is InChI=1S/C26H29N5O4/c1-18(2)15-22(26(34)28-24-11-13-30(29-24)12-6-14-32)31-25(33)16-20(17-27-31)35-23-10-5-8-19-7-3-4-9-21(19)23/h3-5,7-11,13,16-18,22,32H,6,12,14-15H2,1-2H3,(H,28,29,34). The molecule has 9 nitrogen and oxygen atoms in total. The van der Waals surface area contributed by atoms with E-state index in [-0.39, 0.29) is 18.4 Å². The number of hydrogen-bond acceptors (Lipinski definition) is 6. The number of anilines is 1. The van der Waals surface area contributed by atoms with Crippen molar-refractivity contribution in [3.63, 3.8) is 0 Å². The molecule has 2 heterocycles.